The number of imide groups is 1. The van der Waals surface area contributed by atoms with E-state index in [0.29, 0.717) is 43.0 Å². The van der Waals surface area contributed by atoms with Gasteiger partial charge >= 0.3 is 0 Å². The molecular weight excluding hydrogens is 613 g/mol. The summed E-state index contributed by atoms with van der Waals surface area (Å²) >= 11 is 0. The fourth-order valence-corrected chi connectivity index (χ4v) is 6.94. The maximum absolute atomic E-state index is 14.7. The molecule has 12 nitrogen and oxygen atoms in total. The summed E-state index contributed by atoms with van der Waals surface area (Å²) in [5, 5.41) is 8.45. The van der Waals surface area contributed by atoms with Gasteiger partial charge < -0.3 is 4.90 Å². The van der Waals surface area contributed by atoms with Gasteiger partial charge in [0.05, 0.1) is 11.9 Å². The third-order valence-corrected chi connectivity index (χ3v) is 9.36. The number of amides is 3. The van der Waals surface area contributed by atoms with E-state index in [4.69, 9.17) is 0 Å². The number of nitrogens with zero attached hydrogens (tertiary/aromatic N) is 8. The summed E-state index contributed by atoms with van der Waals surface area (Å²) in [4.78, 5) is 56.3. The quantitative estimate of drug-likeness (QED) is 0.265. The first kappa shape index (κ1) is 29.8. The van der Waals surface area contributed by atoms with Gasteiger partial charge in [0.1, 0.15) is 18.2 Å². The summed E-state index contributed by atoms with van der Waals surface area (Å²) in [6, 6.07) is 17.5. The molecule has 8 rings (SSSR count). The molecule has 5 aromatic rings. The van der Waals surface area contributed by atoms with Crippen LogP contribution in [0.5, 0.6) is 0 Å². The predicted octanol–water partition coefficient (Wildman–Crippen LogP) is 3.34. The van der Waals surface area contributed by atoms with Gasteiger partial charge in [0.25, 0.3) is 11.9 Å². The van der Waals surface area contributed by atoms with Crippen molar-refractivity contribution in [3.05, 3.63) is 101 Å². The van der Waals surface area contributed by atoms with E-state index < -0.39 is 17.8 Å². The zero-order chi connectivity index (χ0) is 32.9. The first-order valence-corrected chi connectivity index (χ1v) is 16.0. The second-order valence-corrected chi connectivity index (χ2v) is 12.4. The molecule has 0 bridgehead atoms. The number of halogens is 1. The smallest absolute Gasteiger partial charge is 0.259 e. The van der Waals surface area contributed by atoms with Crippen LogP contribution in [-0.2, 0) is 22.6 Å². The van der Waals surface area contributed by atoms with Crippen LogP contribution in [0.2, 0.25) is 0 Å². The number of benzene rings is 3. The Bertz CT molecular complexity index is 2090. The van der Waals surface area contributed by atoms with Crippen LogP contribution in [0.3, 0.4) is 0 Å². The Morgan fingerprint density at radius 2 is 1.73 bits per heavy atom. The lowest BCUT2D eigenvalue weighted by Crippen LogP contribution is -2.53. The molecule has 1 unspecified atom stereocenters. The normalized spacial score (nSPS) is 18.2. The number of hydrogen-bond donors (Lipinski definition) is 1. The molecule has 0 spiro atoms. The zero-order valence-electron chi connectivity index (χ0n) is 26.3. The summed E-state index contributed by atoms with van der Waals surface area (Å²) in [6.07, 6.45) is 3.90. The summed E-state index contributed by atoms with van der Waals surface area (Å²) in [6.45, 7) is 5.35. The van der Waals surface area contributed by atoms with Crippen molar-refractivity contribution in [1.29, 1.82) is 0 Å². The van der Waals surface area contributed by atoms with Crippen LogP contribution in [0, 0.1) is 12.7 Å². The fourth-order valence-electron chi connectivity index (χ4n) is 6.94. The summed E-state index contributed by atoms with van der Waals surface area (Å²) < 4.78 is 16.2. The minimum atomic E-state index is -0.705. The second-order valence-electron chi connectivity index (χ2n) is 12.4. The van der Waals surface area contributed by atoms with Gasteiger partial charge in [0, 0.05) is 50.1 Å². The molecule has 0 aliphatic carbocycles. The summed E-state index contributed by atoms with van der Waals surface area (Å²) in [5.41, 5.74) is 4.73. The molecule has 1 N–H and O–H groups in total. The van der Waals surface area contributed by atoms with Crippen molar-refractivity contribution in [1.82, 2.24) is 34.9 Å². The van der Waals surface area contributed by atoms with Crippen LogP contribution in [0.15, 0.2) is 67.1 Å². The van der Waals surface area contributed by atoms with E-state index in [1.54, 1.807) is 17.9 Å². The van der Waals surface area contributed by atoms with Crippen LogP contribution in [0.25, 0.3) is 16.7 Å². The average Bonchev–Trinajstić information content (AvgIpc) is 3.65. The topological polar surface area (TPSA) is 129 Å². The van der Waals surface area contributed by atoms with Crippen LogP contribution >= 0.6 is 0 Å². The van der Waals surface area contributed by atoms with Gasteiger partial charge in [-0.15, -0.1) is 5.10 Å². The lowest BCUT2D eigenvalue weighted by Gasteiger charge is -2.35. The lowest BCUT2D eigenvalue weighted by molar-refractivity contribution is -0.134. The highest BCUT2D eigenvalue weighted by atomic mass is 19.1. The average molecular weight is 646 g/mol. The van der Waals surface area contributed by atoms with Gasteiger partial charge in [-0.2, -0.15) is 9.67 Å². The molecule has 2 saturated heterocycles. The number of piperidine rings is 1. The van der Waals surface area contributed by atoms with Crippen LogP contribution < -0.4 is 15.1 Å². The summed E-state index contributed by atoms with van der Waals surface area (Å²) in [5.74, 6) is -0.259. The number of aryl methyl sites for hydroxylation is 1. The highest BCUT2D eigenvalue weighted by Gasteiger charge is 2.40. The molecular formula is C35H32FN9O3. The fraction of sp³-hybridized carbons (Fsp3) is 0.286. The van der Waals surface area contributed by atoms with Crippen LogP contribution in [-0.4, -0.2) is 79.6 Å². The minimum Gasteiger partial charge on any atom is -0.351 e. The Balaban J connectivity index is 0.930. The standard InChI is InChI=1S/C35H32FN9O3/c1-21-38-20-44(41-21)35-37-18-27(36)32(40-35)43-15-13-42(14-16-43)19-23-7-5-22(6-8-23)17-24-9-10-28-31-25(24)3-2-4-26(31)34(48)45(28)29-11-12-30(46)39-33(29)47/h2-10,18,20,29H,11-17,19H2,1H3,(H,39,46,47). The monoisotopic (exact) mass is 645 g/mol. The molecule has 242 valence electrons. The maximum Gasteiger partial charge on any atom is 0.259 e. The Morgan fingerprint density at radius 1 is 0.938 bits per heavy atom. The third-order valence-electron chi connectivity index (χ3n) is 9.36. The summed E-state index contributed by atoms with van der Waals surface area (Å²) in [7, 11) is 0. The van der Waals surface area contributed by atoms with Crippen LogP contribution in [0.1, 0.15) is 45.7 Å². The number of rotatable bonds is 7. The van der Waals surface area contributed by atoms with E-state index in [9.17, 15) is 18.8 Å². The largest absolute Gasteiger partial charge is 0.351 e. The van der Waals surface area contributed by atoms with Crippen molar-refractivity contribution in [3.8, 4) is 5.95 Å². The molecule has 13 heteroatoms. The predicted molar refractivity (Wildman–Crippen MR) is 175 cm³/mol. The molecule has 2 aromatic heterocycles. The van der Waals surface area contributed by atoms with Crippen molar-refractivity contribution in [2.45, 2.75) is 38.8 Å². The Morgan fingerprint density at radius 3 is 2.48 bits per heavy atom. The molecule has 2 fully saturated rings. The Labute approximate surface area is 275 Å². The van der Waals surface area contributed by atoms with Crippen molar-refractivity contribution < 1.29 is 18.8 Å². The lowest BCUT2D eigenvalue weighted by atomic mass is 9.95. The highest BCUT2D eigenvalue weighted by molar-refractivity contribution is 6.27. The van der Waals surface area contributed by atoms with Gasteiger partial charge in [0.15, 0.2) is 11.6 Å². The van der Waals surface area contributed by atoms with Crippen molar-refractivity contribution >= 4 is 40.0 Å². The van der Waals surface area contributed by atoms with Gasteiger partial charge in [-0.1, -0.05) is 42.5 Å². The Hall–Kier alpha value is -5.56. The second kappa shape index (κ2) is 11.9. The van der Waals surface area contributed by atoms with Gasteiger partial charge in [-0.25, -0.2) is 14.4 Å². The SMILES string of the molecule is Cc1ncn(-c2ncc(F)c(N3CCN(Cc4ccc(Cc5ccc6c7c(cccc57)C(=O)N6C5CCC(=O)NC5=O)cc4)CC3)n2)n1. The first-order valence-electron chi connectivity index (χ1n) is 16.0. The number of piperazine rings is 1. The third kappa shape index (κ3) is 5.35. The maximum atomic E-state index is 14.7. The van der Waals surface area contributed by atoms with Gasteiger partial charge in [-0.05, 0) is 54.0 Å². The molecule has 48 heavy (non-hydrogen) atoms. The number of aromatic nitrogens is 5. The van der Waals surface area contributed by atoms with Crippen LogP contribution in [0.4, 0.5) is 15.9 Å². The van der Waals surface area contributed by atoms with Crippen molar-refractivity contribution in [3.63, 3.8) is 0 Å². The number of carbonyl (C=O) groups is 3. The number of hydrogen-bond acceptors (Lipinski definition) is 9. The van der Waals surface area contributed by atoms with Gasteiger partial charge in [0.2, 0.25) is 11.8 Å². The van der Waals surface area contributed by atoms with E-state index >= 15 is 0 Å². The van der Waals surface area contributed by atoms with E-state index in [1.807, 2.05) is 29.2 Å². The Kier molecular flexibility index (Phi) is 7.40. The molecule has 1 atom stereocenters. The number of nitrogens with one attached hydrogen (secondary N) is 1. The first-order chi connectivity index (χ1) is 23.3. The van der Waals surface area contributed by atoms with E-state index in [0.717, 1.165) is 41.5 Å². The molecule has 0 saturated carbocycles. The molecule has 3 aromatic carbocycles. The van der Waals surface area contributed by atoms with E-state index in [1.165, 1.54) is 22.8 Å². The molecule has 3 aliphatic rings. The molecule has 5 heterocycles. The molecule has 3 aliphatic heterocycles. The highest BCUT2D eigenvalue weighted by Crippen LogP contribution is 2.41. The molecule has 0 radical (unpaired) electrons. The van der Waals surface area contributed by atoms with E-state index in [-0.39, 0.29) is 30.0 Å². The zero-order valence-corrected chi connectivity index (χ0v) is 26.3. The van der Waals surface area contributed by atoms with Gasteiger partial charge in [-0.3, -0.25) is 29.5 Å². The number of carbonyl (C=O) groups excluding carboxylic acids is 3. The number of anilines is 2. The minimum absolute atomic E-state index is 0.207. The van der Waals surface area contributed by atoms with Crippen molar-refractivity contribution in [2.75, 3.05) is 36.0 Å². The van der Waals surface area contributed by atoms with Crippen molar-refractivity contribution in [2.24, 2.45) is 0 Å². The van der Waals surface area contributed by atoms with E-state index in [2.05, 4.69) is 54.5 Å². The molecule has 3 amide bonds.